The molecule has 4 rings (SSSR count). The number of hydrogen-bond donors (Lipinski definition) is 1. The number of ether oxygens (including phenoxy) is 2. The second kappa shape index (κ2) is 9.33. The summed E-state index contributed by atoms with van der Waals surface area (Å²) in [5, 5.41) is 14.9. The Morgan fingerprint density at radius 3 is 2.90 bits per heavy atom. The molecule has 0 fully saturated rings. The summed E-state index contributed by atoms with van der Waals surface area (Å²) in [6.07, 6.45) is 7.21. The van der Waals surface area contributed by atoms with Crippen molar-refractivity contribution in [3.8, 4) is 11.6 Å². The molecule has 31 heavy (non-hydrogen) atoms. The van der Waals surface area contributed by atoms with E-state index < -0.39 is 5.92 Å². The lowest BCUT2D eigenvalue weighted by molar-refractivity contribution is -0.136. The number of nitrogens with zero attached hydrogens (tertiary/aromatic N) is 4. The second-order valence-corrected chi connectivity index (χ2v) is 8.78. The summed E-state index contributed by atoms with van der Waals surface area (Å²) >= 11 is 7.57. The van der Waals surface area contributed by atoms with E-state index in [0.29, 0.717) is 48.5 Å². The Kier molecular flexibility index (Phi) is 6.54. The van der Waals surface area contributed by atoms with Crippen LogP contribution in [0.2, 0.25) is 0 Å². The van der Waals surface area contributed by atoms with Gasteiger partial charge in [-0.3, -0.25) is 4.79 Å². The molecule has 0 saturated carbocycles. The third kappa shape index (κ3) is 4.58. The van der Waals surface area contributed by atoms with Crippen LogP contribution in [-0.4, -0.2) is 49.9 Å². The zero-order chi connectivity index (χ0) is 22.0. The standard InChI is InChI=1S/C21H23ClN4O4S/c1-3-4-16(13(2)22)17(12-27)21(28)25-9-14-10-26(24-18(14)11-25)31-15-7-19-20(23-8-15)30-6-5-29-19/h3-4,7-8,10,17,27H,5-6,9,11-12H2,1-2H3/b4-3-,16-13-. The van der Waals surface area contributed by atoms with Crippen molar-refractivity contribution in [2.75, 3.05) is 19.8 Å². The minimum Gasteiger partial charge on any atom is -0.484 e. The lowest BCUT2D eigenvalue weighted by Crippen LogP contribution is -2.35. The Morgan fingerprint density at radius 2 is 2.19 bits per heavy atom. The van der Waals surface area contributed by atoms with Gasteiger partial charge in [0.2, 0.25) is 5.91 Å². The Bertz CT molecular complexity index is 1020. The number of fused-ring (bicyclic) bond motifs is 2. The molecule has 1 amide bonds. The fourth-order valence-electron chi connectivity index (χ4n) is 3.58. The predicted molar refractivity (Wildman–Crippen MR) is 117 cm³/mol. The van der Waals surface area contributed by atoms with E-state index in [0.717, 1.165) is 16.2 Å². The van der Waals surface area contributed by atoms with Gasteiger partial charge in [0.25, 0.3) is 5.88 Å². The van der Waals surface area contributed by atoms with Crippen LogP contribution >= 0.6 is 23.5 Å². The van der Waals surface area contributed by atoms with Crippen LogP contribution in [0.1, 0.15) is 25.1 Å². The summed E-state index contributed by atoms with van der Waals surface area (Å²) in [6, 6.07) is 1.88. The van der Waals surface area contributed by atoms with Crippen molar-refractivity contribution in [2.24, 2.45) is 5.92 Å². The fraction of sp³-hybridized carbons (Fsp3) is 0.381. The number of rotatable bonds is 6. The van der Waals surface area contributed by atoms with E-state index >= 15 is 0 Å². The summed E-state index contributed by atoms with van der Waals surface area (Å²) in [6.45, 7) is 5.11. The van der Waals surface area contributed by atoms with Crippen LogP contribution in [0, 0.1) is 5.92 Å². The molecule has 0 radical (unpaired) electrons. The zero-order valence-electron chi connectivity index (χ0n) is 17.2. The average Bonchev–Trinajstić information content (AvgIpc) is 3.32. The maximum Gasteiger partial charge on any atom is 0.257 e. The molecular weight excluding hydrogens is 440 g/mol. The van der Waals surface area contributed by atoms with Crippen molar-refractivity contribution in [1.29, 1.82) is 0 Å². The molecule has 2 aromatic rings. The Morgan fingerprint density at radius 1 is 1.39 bits per heavy atom. The normalized spacial score (nSPS) is 17.0. The second-order valence-electron chi connectivity index (χ2n) is 7.18. The van der Waals surface area contributed by atoms with Gasteiger partial charge in [0.1, 0.15) is 13.2 Å². The Hall–Kier alpha value is -2.49. The van der Waals surface area contributed by atoms with E-state index in [1.165, 1.54) is 11.9 Å². The molecule has 0 spiro atoms. The maximum absolute atomic E-state index is 13.0. The summed E-state index contributed by atoms with van der Waals surface area (Å²) in [5.74, 6) is 0.277. The van der Waals surface area contributed by atoms with Crippen molar-refractivity contribution < 1.29 is 19.4 Å². The molecule has 0 aliphatic carbocycles. The van der Waals surface area contributed by atoms with E-state index in [-0.39, 0.29) is 12.5 Å². The monoisotopic (exact) mass is 462 g/mol. The molecule has 0 aromatic carbocycles. The first kappa shape index (κ1) is 21.7. The predicted octanol–water partition coefficient (Wildman–Crippen LogP) is 3.14. The molecule has 2 aromatic heterocycles. The number of amides is 1. The first-order valence-electron chi connectivity index (χ1n) is 9.90. The number of aromatic nitrogens is 3. The number of carbonyl (C=O) groups excluding carboxylic acids is 1. The van der Waals surface area contributed by atoms with E-state index in [1.54, 1.807) is 28.2 Å². The molecular formula is C21H23ClN4O4S. The van der Waals surface area contributed by atoms with Gasteiger partial charge in [-0.1, -0.05) is 23.8 Å². The molecule has 0 saturated heterocycles. The topological polar surface area (TPSA) is 89.7 Å². The first-order valence-corrected chi connectivity index (χ1v) is 11.0. The van der Waals surface area contributed by atoms with Crippen LogP contribution in [0.4, 0.5) is 0 Å². The number of pyridine rings is 1. The summed E-state index contributed by atoms with van der Waals surface area (Å²) in [4.78, 5) is 19.9. The molecule has 10 heteroatoms. The number of carbonyl (C=O) groups is 1. The summed E-state index contributed by atoms with van der Waals surface area (Å²) in [7, 11) is 0. The molecule has 2 aliphatic rings. The zero-order valence-corrected chi connectivity index (χ0v) is 18.8. The van der Waals surface area contributed by atoms with Gasteiger partial charge in [-0.05, 0) is 19.4 Å². The molecule has 2 aliphatic heterocycles. The number of aliphatic hydroxyl groups is 1. The summed E-state index contributed by atoms with van der Waals surface area (Å²) in [5.41, 5.74) is 2.44. The third-order valence-electron chi connectivity index (χ3n) is 5.04. The van der Waals surface area contributed by atoms with Gasteiger partial charge in [-0.25, -0.2) is 9.07 Å². The number of hydrogen-bond acceptors (Lipinski definition) is 7. The van der Waals surface area contributed by atoms with Crippen molar-refractivity contribution in [1.82, 2.24) is 19.1 Å². The number of halogens is 1. The lowest BCUT2D eigenvalue weighted by atomic mass is 9.97. The Balaban J connectivity index is 1.44. The Labute approximate surface area is 189 Å². The highest BCUT2D eigenvalue weighted by atomic mass is 35.5. The van der Waals surface area contributed by atoms with Crippen LogP contribution < -0.4 is 9.47 Å². The van der Waals surface area contributed by atoms with Gasteiger partial charge in [0.15, 0.2) is 5.75 Å². The minimum atomic E-state index is -0.692. The van der Waals surface area contributed by atoms with E-state index in [1.807, 2.05) is 25.3 Å². The van der Waals surface area contributed by atoms with Gasteiger partial charge in [-0.2, -0.15) is 5.10 Å². The minimum absolute atomic E-state index is 0.163. The average molecular weight is 463 g/mol. The molecule has 164 valence electrons. The molecule has 0 bridgehead atoms. The molecule has 1 unspecified atom stereocenters. The smallest absolute Gasteiger partial charge is 0.257 e. The number of aliphatic hydroxyl groups excluding tert-OH is 1. The van der Waals surface area contributed by atoms with Gasteiger partial charge >= 0.3 is 0 Å². The van der Waals surface area contributed by atoms with Crippen LogP contribution in [0.25, 0.3) is 0 Å². The van der Waals surface area contributed by atoms with Gasteiger partial charge < -0.3 is 19.5 Å². The summed E-state index contributed by atoms with van der Waals surface area (Å²) < 4.78 is 12.8. The van der Waals surface area contributed by atoms with Crippen molar-refractivity contribution in [2.45, 2.75) is 31.8 Å². The molecule has 1 N–H and O–H groups in total. The van der Waals surface area contributed by atoms with Crippen LogP contribution in [0.5, 0.6) is 11.6 Å². The quantitative estimate of drug-likeness (QED) is 0.659. The molecule has 1 atom stereocenters. The van der Waals surface area contributed by atoms with Gasteiger partial charge in [0, 0.05) is 47.5 Å². The van der Waals surface area contributed by atoms with Gasteiger partial charge in [0.05, 0.1) is 29.7 Å². The molecule has 8 nitrogen and oxygen atoms in total. The van der Waals surface area contributed by atoms with Crippen LogP contribution in [0.3, 0.4) is 0 Å². The van der Waals surface area contributed by atoms with Crippen LogP contribution in [0.15, 0.2) is 46.1 Å². The van der Waals surface area contributed by atoms with Crippen molar-refractivity contribution in [3.63, 3.8) is 0 Å². The van der Waals surface area contributed by atoms with Crippen molar-refractivity contribution >= 4 is 29.5 Å². The maximum atomic E-state index is 13.0. The highest BCUT2D eigenvalue weighted by Gasteiger charge is 2.32. The highest BCUT2D eigenvalue weighted by Crippen LogP contribution is 2.33. The van der Waals surface area contributed by atoms with E-state index in [9.17, 15) is 9.90 Å². The lowest BCUT2D eigenvalue weighted by Gasteiger charge is -2.23. The van der Waals surface area contributed by atoms with Crippen molar-refractivity contribution in [3.05, 3.63) is 52.5 Å². The molecule has 4 heterocycles. The van der Waals surface area contributed by atoms with E-state index in [4.69, 9.17) is 21.1 Å². The highest BCUT2D eigenvalue weighted by molar-refractivity contribution is 7.97. The third-order valence-corrected chi connectivity index (χ3v) is 6.07. The number of allylic oxidation sites excluding steroid dienone is 3. The van der Waals surface area contributed by atoms with Crippen LogP contribution in [-0.2, 0) is 17.9 Å². The van der Waals surface area contributed by atoms with E-state index in [2.05, 4.69) is 10.1 Å². The SMILES string of the molecule is C/C=C\C(=C(/C)Cl)C(CO)C(=O)N1Cc2cn(Sc3cnc4c(c3)OCCO4)nc2C1. The fourth-order valence-corrected chi connectivity index (χ4v) is 4.57. The van der Waals surface area contributed by atoms with Gasteiger partial charge in [-0.15, -0.1) is 0 Å². The largest absolute Gasteiger partial charge is 0.484 e. The first-order chi connectivity index (χ1) is 15.0.